The van der Waals surface area contributed by atoms with E-state index >= 15 is 0 Å². The van der Waals surface area contributed by atoms with Crippen molar-refractivity contribution < 1.29 is 5.21 Å². The second-order valence-electron chi connectivity index (χ2n) is 4.11. The predicted molar refractivity (Wildman–Crippen MR) is 84.5 cm³/mol. The van der Waals surface area contributed by atoms with E-state index in [0.29, 0.717) is 16.4 Å². The van der Waals surface area contributed by atoms with E-state index < -0.39 is 0 Å². The zero-order valence-corrected chi connectivity index (χ0v) is 13.1. The zero-order chi connectivity index (χ0) is 15.4. The number of nitrogens with one attached hydrogen (secondary N) is 1. The van der Waals surface area contributed by atoms with Crippen molar-refractivity contribution in [2.75, 3.05) is 6.26 Å². The number of aryl methyl sites for hydroxylation is 1. The van der Waals surface area contributed by atoms with Gasteiger partial charge in [-0.15, -0.1) is 11.8 Å². The monoisotopic (exact) mass is 322 g/mol. The fourth-order valence-corrected chi connectivity index (χ4v) is 3.48. The Labute approximate surface area is 129 Å². The van der Waals surface area contributed by atoms with Crippen molar-refractivity contribution in [2.45, 2.75) is 21.9 Å². The molecule has 0 spiro atoms. The lowest BCUT2D eigenvalue weighted by Crippen LogP contribution is -2.16. The second kappa shape index (κ2) is 6.68. The van der Waals surface area contributed by atoms with Crippen LogP contribution in [0.5, 0.6) is 0 Å². The molecule has 2 rings (SSSR count). The Bertz CT molecular complexity index is 743. The van der Waals surface area contributed by atoms with E-state index in [-0.39, 0.29) is 11.4 Å². The molecule has 1 heterocycles. The van der Waals surface area contributed by atoms with E-state index in [1.807, 2.05) is 24.5 Å². The van der Waals surface area contributed by atoms with Crippen LogP contribution < -0.4 is 11.3 Å². The van der Waals surface area contributed by atoms with E-state index in [0.717, 1.165) is 9.79 Å². The first-order valence-electron chi connectivity index (χ1n) is 5.96. The summed E-state index contributed by atoms with van der Waals surface area (Å²) in [5, 5.41) is 12.5. The van der Waals surface area contributed by atoms with Gasteiger partial charge in [0.1, 0.15) is 0 Å². The van der Waals surface area contributed by atoms with Crippen LogP contribution >= 0.6 is 23.5 Å². The Morgan fingerprint density at radius 3 is 2.76 bits per heavy atom. The number of oxime groups is 1. The Kier molecular flexibility index (Phi) is 4.92. The number of aromatic nitrogens is 2. The molecular weight excluding hydrogens is 308 g/mol. The van der Waals surface area contributed by atoms with Gasteiger partial charge in [-0.05, 0) is 25.3 Å². The van der Waals surface area contributed by atoms with Crippen LogP contribution in [0, 0.1) is 6.92 Å². The van der Waals surface area contributed by atoms with E-state index in [2.05, 4.69) is 15.1 Å². The van der Waals surface area contributed by atoms with Crippen LogP contribution in [0.2, 0.25) is 0 Å². The summed E-state index contributed by atoms with van der Waals surface area (Å²) in [6, 6.07) is 7.01. The number of aromatic amines is 1. The highest BCUT2D eigenvalue weighted by Crippen LogP contribution is 2.33. The molecule has 2 aromatic rings. The standard InChI is InChI=1S/C13H14N4O2S2/c1-7-6-10(18)16-13(15-7)21-9-5-3-4-8(20-2)11(9)12(14)17-19/h3-6,19H,1-2H3,(H2,14,17)(H,15,16,18). The Morgan fingerprint density at radius 1 is 1.43 bits per heavy atom. The number of hydrogen-bond acceptors (Lipinski definition) is 6. The number of thioether (sulfide) groups is 1. The quantitative estimate of drug-likeness (QED) is 0.199. The molecule has 1 aromatic heterocycles. The third kappa shape index (κ3) is 3.59. The summed E-state index contributed by atoms with van der Waals surface area (Å²) >= 11 is 2.76. The molecule has 21 heavy (non-hydrogen) atoms. The lowest BCUT2D eigenvalue weighted by atomic mass is 10.2. The highest BCUT2D eigenvalue weighted by atomic mass is 32.2. The van der Waals surface area contributed by atoms with Gasteiger partial charge < -0.3 is 15.9 Å². The van der Waals surface area contributed by atoms with Crippen LogP contribution in [0.1, 0.15) is 11.3 Å². The van der Waals surface area contributed by atoms with E-state index in [4.69, 9.17) is 10.9 Å². The van der Waals surface area contributed by atoms with Crippen molar-refractivity contribution in [3.63, 3.8) is 0 Å². The molecule has 1 aromatic carbocycles. The number of rotatable bonds is 4. The first-order chi connectivity index (χ1) is 10.0. The maximum atomic E-state index is 11.5. The van der Waals surface area contributed by atoms with Crippen molar-refractivity contribution in [1.82, 2.24) is 9.97 Å². The third-order valence-corrected chi connectivity index (χ3v) is 4.35. The summed E-state index contributed by atoms with van der Waals surface area (Å²) in [6.45, 7) is 1.75. The van der Waals surface area contributed by atoms with Crippen molar-refractivity contribution >= 4 is 29.4 Å². The Balaban J connectivity index is 2.51. The molecule has 6 nitrogen and oxygen atoms in total. The first kappa shape index (κ1) is 15.5. The minimum atomic E-state index is -0.212. The maximum absolute atomic E-state index is 11.5. The summed E-state index contributed by atoms with van der Waals surface area (Å²) < 4.78 is 0. The molecule has 110 valence electrons. The summed E-state index contributed by atoms with van der Waals surface area (Å²) in [6.07, 6.45) is 1.91. The second-order valence-corrected chi connectivity index (χ2v) is 5.99. The highest BCUT2D eigenvalue weighted by molar-refractivity contribution is 7.99. The molecular formula is C13H14N4O2S2. The van der Waals surface area contributed by atoms with Gasteiger partial charge in [0.25, 0.3) is 5.56 Å². The van der Waals surface area contributed by atoms with Crippen molar-refractivity contribution in [2.24, 2.45) is 10.9 Å². The van der Waals surface area contributed by atoms with Crippen molar-refractivity contribution in [1.29, 1.82) is 0 Å². The van der Waals surface area contributed by atoms with Gasteiger partial charge in [0.2, 0.25) is 0 Å². The molecule has 0 bridgehead atoms. The lowest BCUT2D eigenvalue weighted by molar-refractivity contribution is 0.318. The van der Waals surface area contributed by atoms with Gasteiger partial charge in [-0.25, -0.2) is 4.98 Å². The van der Waals surface area contributed by atoms with Gasteiger partial charge >= 0.3 is 0 Å². The third-order valence-electron chi connectivity index (χ3n) is 2.63. The number of H-pyrrole nitrogens is 1. The Hall–Kier alpha value is -1.93. The topological polar surface area (TPSA) is 104 Å². The summed E-state index contributed by atoms with van der Waals surface area (Å²) in [5.74, 6) is 0.0254. The average Bonchev–Trinajstić information content (AvgIpc) is 2.45. The smallest absolute Gasteiger partial charge is 0.251 e. The summed E-state index contributed by atoms with van der Waals surface area (Å²) in [4.78, 5) is 20.1. The van der Waals surface area contributed by atoms with Gasteiger partial charge in [0, 0.05) is 27.1 Å². The molecule has 0 aliphatic carbocycles. The molecule has 0 saturated carbocycles. The Morgan fingerprint density at radius 2 is 2.14 bits per heavy atom. The molecule has 0 radical (unpaired) electrons. The van der Waals surface area contributed by atoms with Gasteiger partial charge in [-0.3, -0.25) is 4.79 Å². The number of amidine groups is 1. The van der Waals surface area contributed by atoms with Gasteiger partial charge in [-0.1, -0.05) is 23.0 Å². The van der Waals surface area contributed by atoms with Crippen LogP contribution in [0.25, 0.3) is 0 Å². The van der Waals surface area contributed by atoms with Crippen molar-refractivity contribution in [3.05, 3.63) is 45.9 Å². The van der Waals surface area contributed by atoms with Crippen LogP contribution in [-0.4, -0.2) is 27.3 Å². The fraction of sp³-hybridized carbons (Fsp3) is 0.154. The molecule has 0 aliphatic heterocycles. The predicted octanol–water partition coefficient (Wildman–Crippen LogP) is 2.05. The zero-order valence-electron chi connectivity index (χ0n) is 11.5. The first-order valence-corrected chi connectivity index (χ1v) is 8.00. The number of nitrogens with zero attached hydrogens (tertiary/aromatic N) is 2. The van der Waals surface area contributed by atoms with E-state index in [1.54, 1.807) is 6.92 Å². The SMILES string of the molecule is CSc1cccc(Sc2nc(C)cc(=O)[nH]2)c1/C(N)=N/O. The fourth-order valence-electron chi connectivity index (χ4n) is 1.77. The van der Waals surface area contributed by atoms with Gasteiger partial charge in [0.05, 0.1) is 0 Å². The van der Waals surface area contributed by atoms with E-state index in [9.17, 15) is 4.79 Å². The van der Waals surface area contributed by atoms with Crippen LogP contribution in [-0.2, 0) is 0 Å². The maximum Gasteiger partial charge on any atom is 0.251 e. The van der Waals surface area contributed by atoms with Gasteiger partial charge in [0.15, 0.2) is 11.0 Å². The minimum Gasteiger partial charge on any atom is -0.409 e. The molecule has 0 amide bonds. The number of nitrogens with two attached hydrogens (primary N) is 1. The molecule has 0 atom stereocenters. The normalized spacial score (nSPS) is 11.6. The minimum absolute atomic E-state index is 0.0254. The van der Waals surface area contributed by atoms with Crippen LogP contribution in [0.15, 0.2) is 49.2 Å². The summed E-state index contributed by atoms with van der Waals surface area (Å²) in [5.41, 5.74) is 6.81. The lowest BCUT2D eigenvalue weighted by Gasteiger charge is -2.11. The largest absolute Gasteiger partial charge is 0.409 e. The molecule has 0 saturated heterocycles. The number of benzene rings is 1. The van der Waals surface area contributed by atoms with Crippen LogP contribution in [0.3, 0.4) is 0 Å². The molecule has 0 aliphatic rings. The summed E-state index contributed by atoms with van der Waals surface area (Å²) in [7, 11) is 0. The van der Waals surface area contributed by atoms with Gasteiger partial charge in [-0.2, -0.15) is 0 Å². The molecule has 0 unspecified atom stereocenters. The van der Waals surface area contributed by atoms with Crippen molar-refractivity contribution in [3.8, 4) is 0 Å². The van der Waals surface area contributed by atoms with E-state index in [1.165, 1.54) is 29.6 Å². The average molecular weight is 322 g/mol. The molecule has 4 N–H and O–H groups in total. The highest BCUT2D eigenvalue weighted by Gasteiger charge is 2.14. The molecule has 0 fully saturated rings. The molecule has 8 heteroatoms. The van der Waals surface area contributed by atoms with Crippen LogP contribution in [0.4, 0.5) is 0 Å². The number of hydrogen-bond donors (Lipinski definition) is 3.